The van der Waals surface area contributed by atoms with Crippen LogP contribution in [-0.4, -0.2) is 11.3 Å². The molecule has 0 aliphatic heterocycles. The number of aryl methyl sites for hydroxylation is 1. The predicted octanol–water partition coefficient (Wildman–Crippen LogP) is 6.27. The number of benzene rings is 1. The third-order valence-electron chi connectivity index (χ3n) is 6.64. The van der Waals surface area contributed by atoms with Crippen molar-refractivity contribution in [1.82, 2.24) is 0 Å². The molecule has 2 aliphatic rings. The molecule has 0 unspecified atom stereocenters. The molecular formula is C21H33OP. The Morgan fingerprint density at radius 3 is 1.70 bits per heavy atom. The van der Waals surface area contributed by atoms with Crippen LogP contribution >= 0.6 is 7.14 Å². The van der Waals surface area contributed by atoms with Crippen LogP contribution in [-0.2, 0) is 4.57 Å². The van der Waals surface area contributed by atoms with Gasteiger partial charge in [0.25, 0.3) is 0 Å². The van der Waals surface area contributed by atoms with Crippen molar-refractivity contribution in [3.05, 3.63) is 28.8 Å². The second-order valence-electron chi connectivity index (χ2n) is 7.94. The van der Waals surface area contributed by atoms with Gasteiger partial charge in [-0.25, -0.2) is 0 Å². The molecule has 0 bridgehead atoms. The first-order chi connectivity index (χ1) is 11.0. The van der Waals surface area contributed by atoms with Crippen molar-refractivity contribution in [3.63, 3.8) is 0 Å². The summed E-state index contributed by atoms with van der Waals surface area (Å²) in [7, 11) is -2.31. The normalized spacial score (nSPS) is 21.5. The van der Waals surface area contributed by atoms with Crippen molar-refractivity contribution in [3.8, 4) is 0 Å². The number of hydrogen-bond acceptors (Lipinski definition) is 1. The van der Waals surface area contributed by atoms with Crippen LogP contribution in [0.3, 0.4) is 0 Å². The SMILES string of the molecule is Cc1ccc(P(=O)(C2CCCCC2)C2CCCCC2)c(C)c1C. The fourth-order valence-electron chi connectivity index (χ4n) is 4.94. The molecule has 1 aromatic rings. The number of rotatable bonds is 3. The first kappa shape index (κ1) is 17.3. The molecule has 0 radical (unpaired) electrons. The summed E-state index contributed by atoms with van der Waals surface area (Å²) < 4.78 is 14.6. The molecule has 1 nitrogen and oxygen atoms in total. The molecule has 2 aliphatic carbocycles. The summed E-state index contributed by atoms with van der Waals surface area (Å²) in [5, 5.41) is 1.25. The van der Waals surface area contributed by atoms with Gasteiger partial charge in [-0.05, 0) is 63.1 Å². The van der Waals surface area contributed by atoms with E-state index >= 15 is 0 Å². The molecule has 3 rings (SSSR count). The average Bonchev–Trinajstić information content (AvgIpc) is 2.61. The van der Waals surface area contributed by atoms with Gasteiger partial charge in [0.15, 0.2) is 0 Å². The lowest BCUT2D eigenvalue weighted by Crippen LogP contribution is -2.31. The first-order valence-electron chi connectivity index (χ1n) is 9.72. The topological polar surface area (TPSA) is 17.1 Å². The molecule has 0 amide bonds. The largest absolute Gasteiger partial charge is 0.318 e. The summed E-state index contributed by atoms with van der Waals surface area (Å²) in [4.78, 5) is 0. The van der Waals surface area contributed by atoms with Crippen LogP contribution < -0.4 is 5.30 Å². The second kappa shape index (κ2) is 7.14. The minimum absolute atomic E-state index is 0.458. The Bertz CT molecular complexity index is 570. The van der Waals surface area contributed by atoms with Crippen LogP contribution in [0.25, 0.3) is 0 Å². The zero-order valence-corrected chi connectivity index (χ0v) is 16.1. The average molecular weight is 332 g/mol. The van der Waals surface area contributed by atoms with Crippen LogP contribution in [0.5, 0.6) is 0 Å². The highest BCUT2D eigenvalue weighted by Gasteiger charge is 2.43. The third-order valence-corrected chi connectivity index (χ3v) is 11.1. The lowest BCUT2D eigenvalue weighted by molar-refractivity contribution is 0.452. The molecule has 23 heavy (non-hydrogen) atoms. The number of hydrogen-bond donors (Lipinski definition) is 0. The van der Waals surface area contributed by atoms with Gasteiger partial charge in [0, 0.05) is 16.6 Å². The summed E-state index contributed by atoms with van der Waals surface area (Å²) in [5.41, 5.74) is 4.93. The molecule has 2 heteroatoms. The Morgan fingerprint density at radius 2 is 1.22 bits per heavy atom. The van der Waals surface area contributed by atoms with Crippen LogP contribution in [0.15, 0.2) is 12.1 Å². The van der Waals surface area contributed by atoms with Gasteiger partial charge in [0.05, 0.1) is 0 Å². The van der Waals surface area contributed by atoms with Crippen LogP contribution in [0, 0.1) is 20.8 Å². The van der Waals surface area contributed by atoms with Gasteiger partial charge in [-0.15, -0.1) is 0 Å². The molecule has 2 saturated carbocycles. The van der Waals surface area contributed by atoms with E-state index in [1.54, 1.807) is 0 Å². The van der Waals surface area contributed by atoms with E-state index in [4.69, 9.17) is 0 Å². The maximum atomic E-state index is 14.6. The van der Waals surface area contributed by atoms with Crippen molar-refractivity contribution < 1.29 is 4.57 Å². The van der Waals surface area contributed by atoms with E-state index < -0.39 is 7.14 Å². The maximum absolute atomic E-state index is 14.6. The van der Waals surface area contributed by atoms with Gasteiger partial charge in [-0.2, -0.15) is 0 Å². The van der Waals surface area contributed by atoms with Gasteiger partial charge >= 0.3 is 0 Å². The van der Waals surface area contributed by atoms with Crippen LogP contribution in [0.2, 0.25) is 0 Å². The summed E-state index contributed by atoms with van der Waals surface area (Å²) >= 11 is 0. The summed E-state index contributed by atoms with van der Waals surface area (Å²) in [6, 6.07) is 4.46. The van der Waals surface area contributed by atoms with Gasteiger partial charge in [-0.3, -0.25) is 0 Å². The first-order valence-corrected chi connectivity index (χ1v) is 11.6. The van der Waals surface area contributed by atoms with Gasteiger partial charge < -0.3 is 4.57 Å². The van der Waals surface area contributed by atoms with Crippen molar-refractivity contribution in [1.29, 1.82) is 0 Å². The van der Waals surface area contributed by atoms with Crippen molar-refractivity contribution >= 4 is 12.4 Å². The summed E-state index contributed by atoms with van der Waals surface area (Å²) in [6.45, 7) is 6.61. The molecule has 0 N–H and O–H groups in total. The van der Waals surface area contributed by atoms with Crippen molar-refractivity contribution in [2.75, 3.05) is 0 Å². The van der Waals surface area contributed by atoms with E-state index in [-0.39, 0.29) is 0 Å². The quantitative estimate of drug-likeness (QED) is 0.597. The van der Waals surface area contributed by atoms with Gasteiger partial charge in [-0.1, -0.05) is 50.7 Å². The predicted molar refractivity (Wildman–Crippen MR) is 102 cm³/mol. The molecule has 0 heterocycles. The Labute approximate surface area is 142 Å². The van der Waals surface area contributed by atoms with Crippen molar-refractivity contribution in [2.24, 2.45) is 0 Å². The maximum Gasteiger partial charge on any atom is 0.121 e. The van der Waals surface area contributed by atoms with Crippen molar-refractivity contribution in [2.45, 2.75) is 96.3 Å². The highest BCUT2D eigenvalue weighted by molar-refractivity contribution is 7.73. The van der Waals surface area contributed by atoms with Gasteiger partial charge in [0.2, 0.25) is 0 Å². The standard InChI is InChI=1S/C21H33OP/c1-16-14-15-21(18(3)17(16)2)23(22,19-10-6-4-7-11-19)20-12-8-5-9-13-20/h14-15,19-20H,4-13H2,1-3H3. The highest BCUT2D eigenvalue weighted by atomic mass is 31.2. The smallest absolute Gasteiger partial charge is 0.121 e. The molecular weight excluding hydrogens is 299 g/mol. The fraction of sp³-hybridized carbons (Fsp3) is 0.714. The van der Waals surface area contributed by atoms with E-state index in [1.165, 1.54) is 86.2 Å². The van der Waals surface area contributed by atoms with Crippen LogP contribution in [0.1, 0.15) is 80.9 Å². The molecule has 0 atom stereocenters. The Kier molecular flexibility index (Phi) is 5.36. The molecule has 0 spiro atoms. The third kappa shape index (κ3) is 3.19. The van der Waals surface area contributed by atoms with E-state index in [9.17, 15) is 4.57 Å². The zero-order valence-electron chi connectivity index (χ0n) is 15.2. The molecule has 0 saturated heterocycles. The van der Waals surface area contributed by atoms with E-state index in [1.807, 2.05) is 0 Å². The summed E-state index contributed by atoms with van der Waals surface area (Å²) in [6.07, 6.45) is 12.6. The minimum atomic E-state index is -2.31. The highest BCUT2D eigenvalue weighted by Crippen LogP contribution is 2.62. The second-order valence-corrected chi connectivity index (χ2v) is 11.3. The lowest BCUT2D eigenvalue weighted by Gasteiger charge is -2.39. The Morgan fingerprint density at radius 1 is 0.739 bits per heavy atom. The van der Waals surface area contributed by atoms with Crippen LogP contribution in [0.4, 0.5) is 0 Å². The van der Waals surface area contributed by atoms with E-state index in [0.29, 0.717) is 11.3 Å². The zero-order chi connectivity index (χ0) is 16.4. The fourth-order valence-corrected chi connectivity index (χ4v) is 9.59. The minimum Gasteiger partial charge on any atom is -0.318 e. The van der Waals surface area contributed by atoms with E-state index in [2.05, 4.69) is 32.9 Å². The Hall–Kier alpha value is -0.550. The monoisotopic (exact) mass is 332 g/mol. The Balaban J connectivity index is 2.07. The van der Waals surface area contributed by atoms with E-state index in [0.717, 1.165) is 0 Å². The lowest BCUT2D eigenvalue weighted by atomic mass is 9.99. The molecule has 128 valence electrons. The van der Waals surface area contributed by atoms with Gasteiger partial charge in [0.1, 0.15) is 7.14 Å². The molecule has 1 aromatic carbocycles. The molecule has 2 fully saturated rings. The molecule has 0 aromatic heterocycles. The summed E-state index contributed by atoms with van der Waals surface area (Å²) in [5.74, 6) is 0.